The molecule has 34 heavy (non-hydrogen) atoms. The highest BCUT2D eigenvalue weighted by atomic mass is 35.5. The van der Waals surface area contributed by atoms with Gasteiger partial charge in [-0.15, -0.1) is 0 Å². The minimum absolute atomic E-state index is 0.0796. The summed E-state index contributed by atoms with van der Waals surface area (Å²) in [5.74, 6) is -1.46. The van der Waals surface area contributed by atoms with Crippen molar-refractivity contribution in [3.05, 3.63) is 93.2 Å². The summed E-state index contributed by atoms with van der Waals surface area (Å²) in [6.07, 6.45) is 3.21. The largest absolute Gasteiger partial charge is 0.507 e. The van der Waals surface area contributed by atoms with Gasteiger partial charge < -0.3 is 19.5 Å². The lowest BCUT2D eigenvalue weighted by molar-refractivity contribution is -0.140. The third-order valence-electron chi connectivity index (χ3n) is 5.56. The van der Waals surface area contributed by atoms with E-state index in [9.17, 15) is 14.7 Å². The Morgan fingerprint density at radius 1 is 1.00 bits per heavy atom. The number of ether oxygens (including phenoxy) is 2. The molecule has 0 aliphatic carbocycles. The molecule has 9 heteroatoms. The molecule has 0 bridgehead atoms. The Morgan fingerprint density at radius 2 is 1.65 bits per heavy atom. The number of methoxy groups -OCH3 is 2. The first-order valence-electron chi connectivity index (χ1n) is 10.2. The van der Waals surface area contributed by atoms with Gasteiger partial charge in [-0.05, 0) is 41.5 Å². The van der Waals surface area contributed by atoms with Gasteiger partial charge >= 0.3 is 0 Å². The van der Waals surface area contributed by atoms with Gasteiger partial charge in [-0.1, -0.05) is 35.3 Å². The number of benzene rings is 2. The van der Waals surface area contributed by atoms with Crippen LogP contribution in [0.2, 0.25) is 10.0 Å². The fourth-order valence-electron chi connectivity index (χ4n) is 3.91. The molecule has 1 amide bonds. The first-order chi connectivity index (χ1) is 16.3. The van der Waals surface area contributed by atoms with Crippen molar-refractivity contribution in [2.24, 2.45) is 0 Å². The average Bonchev–Trinajstić information content (AvgIpc) is 3.09. The maximum atomic E-state index is 13.2. The normalized spacial score (nSPS) is 17.2. The van der Waals surface area contributed by atoms with E-state index < -0.39 is 23.5 Å². The maximum Gasteiger partial charge on any atom is 0.295 e. The molecule has 2 aromatic carbocycles. The maximum absolute atomic E-state index is 13.2. The van der Waals surface area contributed by atoms with Gasteiger partial charge in [-0.3, -0.25) is 14.6 Å². The molecule has 0 radical (unpaired) electrons. The topological polar surface area (TPSA) is 89.0 Å². The number of aromatic nitrogens is 1. The molecule has 1 atom stereocenters. The fourth-order valence-corrected chi connectivity index (χ4v) is 4.27. The van der Waals surface area contributed by atoms with Crippen LogP contribution in [-0.4, -0.2) is 40.9 Å². The van der Waals surface area contributed by atoms with Gasteiger partial charge in [0.2, 0.25) is 0 Å². The summed E-state index contributed by atoms with van der Waals surface area (Å²) in [6.45, 7) is 0.137. The molecule has 0 saturated carbocycles. The van der Waals surface area contributed by atoms with Gasteiger partial charge in [0.05, 0.1) is 36.4 Å². The third kappa shape index (κ3) is 4.32. The monoisotopic (exact) mass is 498 g/mol. The number of aliphatic hydroxyl groups excluding tert-OH is 1. The molecule has 1 unspecified atom stereocenters. The van der Waals surface area contributed by atoms with Gasteiger partial charge in [0.15, 0.2) is 0 Å². The summed E-state index contributed by atoms with van der Waals surface area (Å²) in [7, 11) is 2.84. The minimum atomic E-state index is -0.864. The number of hydrogen-bond donors (Lipinski definition) is 1. The molecule has 4 rings (SSSR count). The Morgan fingerprint density at radius 3 is 2.26 bits per heavy atom. The molecule has 1 aliphatic heterocycles. The number of halogens is 2. The van der Waals surface area contributed by atoms with Crippen LogP contribution < -0.4 is 9.47 Å². The second-order valence-corrected chi connectivity index (χ2v) is 8.36. The standard InChI is InChI=1S/C25H20Cl2N2O5/c1-33-19-12-18(27)20(34-2)11-17(19)23(30)21-22(15-3-5-16(26)6-4-15)29(25(32)24(21)31)13-14-7-9-28-10-8-14/h3-12,22,30H,13H2,1-2H3/b23-21+. The van der Waals surface area contributed by atoms with E-state index in [-0.39, 0.29) is 34.2 Å². The average molecular weight is 499 g/mol. The van der Waals surface area contributed by atoms with Crippen molar-refractivity contribution in [1.82, 2.24) is 9.88 Å². The van der Waals surface area contributed by atoms with Crippen molar-refractivity contribution >= 4 is 40.7 Å². The highest BCUT2D eigenvalue weighted by molar-refractivity contribution is 6.46. The van der Waals surface area contributed by atoms with Crippen LogP contribution in [0.1, 0.15) is 22.7 Å². The Balaban J connectivity index is 1.92. The highest BCUT2D eigenvalue weighted by Crippen LogP contribution is 2.43. The molecular weight excluding hydrogens is 479 g/mol. The number of hydrogen-bond acceptors (Lipinski definition) is 6. The number of amides is 1. The highest BCUT2D eigenvalue weighted by Gasteiger charge is 2.46. The quantitative estimate of drug-likeness (QED) is 0.291. The SMILES string of the molecule is COc1cc(/C(O)=C2\C(=O)C(=O)N(Cc3ccncc3)C2c2ccc(Cl)cc2)c(OC)cc1Cl. The summed E-state index contributed by atoms with van der Waals surface area (Å²) in [5, 5.41) is 12.1. The molecule has 7 nitrogen and oxygen atoms in total. The summed E-state index contributed by atoms with van der Waals surface area (Å²) in [6, 6.07) is 12.3. The van der Waals surface area contributed by atoms with Crippen LogP contribution in [0.3, 0.4) is 0 Å². The van der Waals surface area contributed by atoms with Gasteiger partial charge in [0.25, 0.3) is 11.7 Å². The van der Waals surface area contributed by atoms with Crippen molar-refractivity contribution in [2.75, 3.05) is 14.2 Å². The summed E-state index contributed by atoms with van der Waals surface area (Å²) >= 11 is 12.3. The Labute approximate surface area is 206 Å². The molecule has 3 aromatic rings. The van der Waals surface area contributed by atoms with E-state index in [4.69, 9.17) is 32.7 Å². The summed E-state index contributed by atoms with van der Waals surface area (Å²) < 4.78 is 10.6. The van der Waals surface area contributed by atoms with E-state index in [0.29, 0.717) is 10.6 Å². The molecule has 2 heterocycles. The third-order valence-corrected chi connectivity index (χ3v) is 6.10. The number of pyridine rings is 1. The van der Waals surface area contributed by atoms with E-state index in [1.165, 1.54) is 31.3 Å². The zero-order valence-corrected chi connectivity index (χ0v) is 19.8. The van der Waals surface area contributed by atoms with Crippen molar-refractivity contribution < 1.29 is 24.2 Å². The van der Waals surface area contributed by atoms with E-state index >= 15 is 0 Å². The number of rotatable bonds is 6. The molecule has 1 N–H and O–H groups in total. The number of ketones is 1. The number of Topliss-reactive ketones (excluding diaryl/α,β-unsaturated/α-hetero) is 1. The van der Waals surface area contributed by atoms with E-state index in [1.807, 2.05) is 0 Å². The number of carbonyl (C=O) groups excluding carboxylic acids is 2. The van der Waals surface area contributed by atoms with Crippen LogP contribution in [-0.2, 0) is 16.1 Å². The van der Waals surface area contributed by atoms with Crippen LogP contribution in [0.5, 0.6) is 11.5 Å². The van der Waals surface area contributed by atoms with Crippen LogP contribution in [0.4, 0.5) is 0 Å². The Kier molecular flexibility index (Phi) is 6.77. The van der Waals surface area contributed by atoms with Crippen LogP contribution >= 0.6 is 23.2 Å². The second kappa shape index (κ2) is 9.75. The molecular formula is C25H20Cl2N2O5. The fraction of sp³-hybridized carbons (Fsp3) is 0.160. The number of likely N-dealkylation sites (tertiary alicyclic amines) is 1. The van der Waals surface area contributed by atoms with Gasteiger partial charge in [-0.25, -0.2) is 0 Å². The molecule has 0 spiro atoms. The first-order valence-corrected chi connectivity index (χ1v) is 11.0. The van der Waals surface area contributed by atoms with Crippen LogP contribution in [0.15, 0.2) is 66.5 Å². The van der Waals surface area contributed by atoms with Crippen molar-refractivity contribution in [3.63, 3.8) is 0 Å². The van der Waals surface area contributed by atoms with E-state index in [2.05, 4.69) is 4.98 Å². The molecule has 1 aliphatic rings. The molecule has 1 saturated heterocycles. The van der Waals surface area contributed by atoms with Crippen molar-refractivity contribution in [3.8, 4) is 11.5 Å². The van der Waals surface area contributed by atoms with Crippen molar-refractivity contribution in [1.29, 1.82) is 0 Å². The van der Waals surface area contributed by atoms with Crippen LogP contribution in [0, 0.1) is 0 Å². The van der Waals surface area contributed by atoms with Crippen LogP contribution in [0.25, 0.3) is 5.76 Å². The Bertz CT molecular complexity index is 1280. The summed E-state index contributed by atoms with van der Waals surface area (Å²) in [4.78, 5) is 31.8. The minimum Gasteiger partial charge on any atom is -0.507 e. The molecule has 1 aromatic heterocycles. The predicted molar refractivity (Wildman–Crippen MR) is 128 cm³/mol. The number of aliphatic hydroxyl groups is 1. The lowest BCUT2D eigenvalue weighted by Crippen LogP contribution is -2.29. The zero-order chi connectivity index (χ0) is 24.4. The van der Waals surface area contributed by atoms with E-state index in [1.54, 1.807) is 48.8 Å². The number of carbonyl (C=O) groups is 2. The van der Waals surface area contributed by atoms with Gasteiger partial charge in [-0.2, -0.15) is 0 Å². The van der Waals surface area contributed by atoms with Crippen molar-refractivity contribution in [2.45, 2.75) is 12.6 Å². The summed E-state index contributed by atoms with van der Waals surface area (Å²) in [5.41, 5.74) is 1.48. The van der Waals surface area contributed by atoms with Gasteiger partial charge in [0.1, 0.15) is 17.3 Å². The second-order valence-electron chi connectivity index (χ2n) is 7.52. The predicted octanol–water partition coefficient (Wildman–Crippen LogP) is 5.03. The molecule has 1 fully saturated rings. The number of nitrogens with zero attached hydrogens (tertiary/aromatic N) is 2. The first kappa shape index (κ1) is 23.6. The molecule has 174 valence electrons. The van der Waals surface area contributed by atoms with Gasteiger partial charge in [0, 0.05) is 30.0 Å². The van der Waals surface area contributed by atoms with E-state index in [0.717, 1.165) is 5.56 Å². The lowest BCUT2D eigenvalue weighted by atomic mass is 9.94. The smallest absolute Gasteiger partial charge is 0.295 e. The zero-order valence-electron chi connectivity index (χ0n) is 18.3. The lowest BCUT2D eigenvalue weighted by Gasteiger charge is -2.25. The Hall–Kier alpha value is -3.55.